The molecule has 3 heteroatoms. The first kappa shape index (κ1) is 8.78. The Morgan fingerprint density at radius 2 is 2.36 bits per heavy atom. The highest BCUT2D eigenvalue weighted by molar-refractivity contribution is 7.86. The molecule has 64 valence electrons. The largest absolute Gasteiger partial charge is 0.502 e. The molecule has 1 fully saturated rings. The zero-order valence-electron chi connectivity index (χ0n) is 6.84. The number of rotatable bonds is 4. The van der Waals surface area contributed by atoms with Gasteiger partial charge in [0, 0.05) is 22.3 Å². The van der Waals surface area contributed by atoms with Crippen molar-refractivity contribution in [2.24, 2.45) is 5.41 Å². The molecule has 0 aliphatic carbocycles. The fraction of sp³-hybridized carbons (Fsp3) is 0.750. The van der Waals surface area contributed by atoms with Gasteiger partial charge in [0.1, 0.15) is 0 Å². The van der Waals surface area contributed by atoms with Crippen LogP contribution in [0.5, 0.6) is 0 Å². The minimum absolute atomic E-state index is 0.272. The summed E-state index contributed by atoms with van der Waals surface area (Å²) in [4.78, 5) is 0. The van der Waals surface area contributed by atoms with Crippen LogP contribution in [0.3, 0.4) is 0 Å². The Morgan fingerprint density at radius 1 is 1.73 bits per heavy atom. The molecule has 0 bridgehead atoms. The minimum atomic E-state index is -0.548. The van der Waals surface area contributed by atoms with Crippen LogP contribution in [-0.2, 0) is 15.5 Å². The molecule has 0 saturated carbocycles. The second-order valence-electron chi connectivity index (χ2n) is 3.33. The average molecular weight is 174 g/mol. The third-order valence-electron chi connectivity index (χ3n) is 1.96. The highest BCUT2D eigenvalue weighted by Crippen LogP contribution is 2.32. The summed E-state index contributed by atoms with van der Waals surface area (Å²) >= 11 is 0. The molecule has 0 aromatic rings. The van der Waals surface area contributed by atoms with Gasteiger partial charge in [0.2, 0.25) is 0 Å². The summed E-state index contributed by atoms with van der Waals surface area (Å²) in [5.74, 6) is 1.68. The Morgan fingerprint density at radius 3 is 2.82 bits per heavy atom. The van der Waals surface area contributed by atoms with Gasteiger partial charge in [0.05, 0.1) is 12.9 Å². The zero-order chi connectivity index (χ0) is 8.32. The monoisotopic (exact) mass is 174 g/mol. The molecular formula is C8H14O2S. The Balaban J connectivity index is 2.16. The van der Waals surface area contributed by atoms with Gasteiger partial charge in [0.15, 0.2) is 0 Å². The number of hydrogen-bond donors (Lipinski definition) is 0. The van der Waals surface area contributed by atoms with E-state index in [4.69, 9.17) is 4.74 Å². The predicted octanol–water partition coefficient (Wildman–Crippen LogP) is 1.31. The summed E-state index contributed by atoms with van der Waals surface area (Å²) in [6.07, 6.45) is 2.45. The van der Waals surface area contributed by atoms with Crippen LogP contribution in [0.25, 0.3) is 0 Å². The Hall–Kier alpha value is -0.310. The topological polar surface area (TPSA) is 26.3 Å². The summed E-state index contributed by atoms with van der Waals surface area (Å²) in [7, 11) is -0.548. The molecular weight excluding hydrogens is 160 g/mol. The summed E-state index contributed by atoms with van der Waals surface area (Å²) in [6, 6.07) is 0. The third-order valence-corrected chi connectivity index (χ3v) is 4.00. The standard InChI is InChI=1S/C8H14O2S/c1-3-10-5-4-8(2)6-11(9)7-8/h3H,1,4-7H2,2H3. The summed E-state index contributed by atoms with van der Waals surface area (Å²) in [6.45, 7) is 6.32. The maximum atomic E-state index is 10.8. The van der Waals surface area contributed by atoms with E-state index in [0.717, 1.165) is 17.9 Å². The van der Waals surface area contributed by atoms with Gasteiger partial charge in [-0.25, -0.2) is 0 Å². The van der Waals surface area contributed by atoms with E-state index in [0.29, 0.717) is 6.61 Å². The maximum absolute atomic E-state index is 10.8. The van der Waals surface area contributed by atoms with Crippen molar-refractivity contribution in [2.75, 3.05) is 18.1 Å². The molecule has 0 aromatic carbocycles. The van der Waals surface area contributed by atoms with Crippen LogP contribution < -0.4 is 0 Å². The molecule has 0 aromatic heterocycles. The number of ether oxygens (including phenoxy) is 1. The van der Waals surface area contributed by atoms with E-state index in [1.165, 1.54) is 6.26 Å². The van der Waals surface area contributed by atoms with Gasteiger partial charge in [-0.15, -0.1) is 0 Å². The van der Waals surface area contributed by atoms with Crippen molar-refractivity contribution in [3.8, 4) is 0 Å². The lowest BCUT2D eigenvalue weighted by atomic mass is 9.91. The fourth-order valence-electron chi connectivity index (χ4n) is 1.27. The molecule has 2 nitrogen and oxygen atoms in total. The van der Waals surface area contributed by atoms with Crippen molar-refractivity contribution < 1.29 is 8.95 Å². The van der Waals surface area contributed by atoms with Gasteiger partial charge in [-0.1, -0.05) is 13.5 Å². The van der Waals surface area contributed by atoms with E-state index in [1.54, 1.807) is 0 Å². The average Bonchev–Trinajstić information content (AvgIpc) is 1.85. The van der Waals surface area contributed by atoms with Gasteiger partial charge >= 0.3 is 0 Å². The van der Waals surface area contributed by atoms with E-state index < -0.39 is 10.8 Å². The fourth-order valence-corrected chi connectivity index (χ4v) is 3.03. The van der Waals surface area contributed by atoms with Gasteiger partial charge in [0.25, 0.3) is 0 Å². The molecule has 1 aliphatic rings. The van der Waals surface area contributed by atoms with Crippen LogP contribution in [0.1, 0.15) is 13.3 Å². The van der Waals surface area contributed by atoms with Crippen molar-refractivity contribution >= 4 is 10.8 Å². The highest BCUT2D eigenvalue weighted by atomic mass is 32.2. The molecule has 1 saturated heterocycles. The SMILES string of the molecule is C=COCCC1(C)CS(=O)C1. The first-order valence-corrected chi connectivity index (χ1v) is 5.23. The third kappa shape index (κ3) is 2.33. The lowest BCUT2D eigenvalue weighted by Gasteiger charge is -2.36. The first-order chi connectivity index (χ1) is 5.16. The molecule has 1 heterocycles. The van der Waals surface area contributed by atoms with Crippen molar-refractivity contribution in [3.63, 3.8) is 0 Å². The van der Waals surface area contributed by atoms with Gasteiger partial charge in [-0.05, 0) is 11.8 Å². The van der Waals surface area contributed by atoms with Crippen molar-refractivity contribution in [3.05, 3.63) is 12.8 Å². The molecule has 0 radical (unpaired) electrons. The Labute approximate surface area is 70.1 Å². The number of hydrogen-bond acceptors (Lipinski definition) is 2. The van der Waals surface area contributed by atoms with Crippen LogP contribution >= 0.6 is 0 Å². The molecule has 1 rings (SSSR count). The van der Waals surface area contributed by atoms with E-state index in [1.807, 2.05) is 0 Å². The molecule has 0 amide bonds. The van der Waals surface area contributed by atoms with Gasteiger partial charge in [-0.3, -0.25) is 4.21 Å². The minimum Gasteiger partial charge on any atom is -0.502 e. The summed E-state index contributed by atoms with van der Waals surface area (Å²) < 4.78 is 15.8. The van der Waals surface area contributed by atoms with Gasteiger partial charge < -0.3 is 4.74 Å². The molecule has 0 atom stereocenters. The molecule has 0 N–H and O–H groups in total. The van der Waals surface area contributed by atoms with Crippen molar-refractivity contribution in [1.29, 1.82) is 0 Å². The van der Waals surface area contributed by atoms with E-state index in [-0.39, 0.29) is 5.41 Å². The molecule has 1 aliphatic heterocycles. The molecule has 0 spiro atoms. The zero-order valence-corrected chi connectivity index (χ0v) is 7.65. The highest BCUT2D eigenvalue weighted by Gasteiger charge is 2.37. The van der Waals surface area contributed by atoms with Crippen LogP contribution in [-0.4, -0.2) is 22.3 Å². The maximum Gasteiger partial charge on any atom is 0.0878 e. The lowest BCUT2D eigenvalue weighted by Crippen LogP contribution is -2.42. The summed E-state index contributed by atoms with van der Waals surface area (Å²) in [5.41, 5.74) is 0.272. The molecule has 0 unspecified atom stereocenters. The summed E-state index contributed by atoms with van der Waals surface area (Å²) in [5, 5.41) is 0. The smallest absolute Gasteiger partial charge is 0.0878 e. The quantitative estimate of drug-likeness (QED) is 0.474. The second kappa shape index (κ2) is 3.39. The normalized spacial score (nSPS) is 35.9. The van der Waals surface area contributed by atoms with Crippen LogP contribution in [0.15, 0.2) is 12.8 Å². The van der Waals surface area contributed by atoms with E-state index in [9.17, 15) is 4.21 Å². The molecule has 11 heavy (non-hydrogen) atoms. The lowest BCUT2D eigenvalue weighted by molar-refractivity contribution is 0.195. The van der Waals surface area contributed by atoms with Gasteiger partial charge in [-0.2, -0.15) is 0 Å². The second-order valence-corrected chi connectivity index (χ2v) is 4.78. The van der Waals surface area contributed by atoms with Crippen molar-refractivity contribution in [1.82, 2.24) is 0 Å². The first-order valence-electron chi connectivity index (χ1n) is 3.74. The van der Waals surface area contributed by atoms with Crippen LogP contribution in [0, 0.1) is 5.41 Å². The van der Waals surface area contributed by atoms with Crippen molar-refractivity contribution in [2.45, 2.75) is 13.3 Å². The van der Waals surface area contributed by atoms with Crippen LogP contribution in [0.4, 0.5) is 0 Å². The Kier molecular flexibility index (Phi) is 2.71. The van der Waals surface area contributed by atoms with E-state index >= 15 is 0 Å². The van der Waals surface area contributed by atoms with E-state index in [2.05, 4.69) is 13.5 Å². The Bertz CT molecular complexity index is 169. The predicted molar refractivity (Wildman–Crippen MR) is 46.7 cm³/mol. The van der Waals surface area contributed by atoms with Crippen LogP contribution in [0.2, 0.25) is 0 Å².